The van der Waals surface area contributed by atoms with Gasteiger partial charge in [0, 0.05) is 5.88 Å². The van der Waals surface area contributed by atoms with Gasteiger partial charge in [-0.05, 0) is 24.1 Å². The summed E-state index contributed by atoms with van der Waals surface area (Å²) in [6.45, 7) is 2.57. The number of unbranched alkanes of at least 4 members (excludes halogenated alkanes) is 2. The van der Waals surface area contributed by atoms with Crippen LogP contribution in [0.5, 0.6) is 5.75 Å². The van der Waals surface area contributed by atoms with Crippen molar-refractivity contribution < 1.29 is 13.2 Å². The summed E-state index contributed by atoms with van der Waals surface area (Å²) >= 11 is 5.38. The average Bonchev–Trinajstić information content (AvgIpc) is 2.59. The number of anilines is 1. The number of nitrogens with one attached hydrogen (secondary N) is 1. The molecule has 2 aromatic carbocycles. The van der Waals surface area contributed by atoms with Crippen molar-refractivity contribution in [3.8, 4) is 5.75 Å². The van der Waals surface area contributed by atoms with Gasteiger partial charge in [-0.2, -0.15) is 0 Å². The minimum Gasteiger partial charge on any atom is -0.487 e. The predicted octanol–water partition coefficient (Wildman–Crippen LogP) is 5.05. The molecule has 2 rings (SSSR count). The molecule has 0 aliphatic carbocycles. The number of hydrogen-bond donors (Lipinski definition) is 1. The van der Waals surface area contributed by atoms with E-state index in [9.17, 15) is 8.42 Å². The molecule has 138 valence electrons. The third-order valence-electron chi connectivity index (χ3n) is 3.16. The molecule has 6 heteroatoms. The molecule has 0 amide bonds. The van der Waals surface area contributed by atoms with E-state index in [2.05, 4.69) is 11.6 Å². The van der Waals surface area contributed by atoms with Crippen molar-refractivity contribution in [2.24, 2.45) is 0 Å². The van der Waals surface area contributed by atoms with Gasteiger partial charge in [0.15, 0.2) is 0 Å². The zero-order chi connectivity index (χ0) is 18.5. The molecule has 0 aliphatic rings. The van der Waals surface area contributed by atoms with Crippen LogP contribution in [0.1, 0.15) is 31.7 Å². The van der Waals surface area contributed by atoms with Crippen LogP contribution in [0.3, 0.4) is 0 Å². The molecule has 4 nitrogen and oxygen atoms in total. The minimum atomic E-state index is -3.31. The molecule has 0 bridgehead atoms. The molecule has 0 atom stereocenters. The van der Waals surface area contributed by atoms with Crippen LogP contribution in [0.4, 0.5) is 5.69 Å². The first kappa shape index (κ1) is 21.3. The Morgan fingerprint density at radius 1 is 1.00 bits per heavy atom. The molecule has 2 aromatic rings. The van der Waals surface area contributed by atoms with Gasteiger partial charge in [-0.3, -0.25) is 4.72 Å². The Morgan fingerprint density at radius 2 is 1.64 bits per heavy atom. The van der Waals surface area contributed by atoms with Crippen LogP contribution in [0.25, 0.3) is 0 Å². The third kappa shape index (κ3) is 9.99. The van der Waals surface area contributed by atoms with Crippen LogP contribution in [0.15, 0.2) is 54.6 Å². The molecule has 0 aromatic heterocycles. The fourth-order valence-corrected chi connectivity index (χ4v) is 2.71. The third-order valence-corrected chi connectivity index (χ3v) is 4.01. The van der Waals surface area contributed by atoms with Gasteiger partial charge in [-0.25, -0.2) is 8.42 Å². The number of rotatable bonds is 8. The largest absolute Gasteiger partial charge is 0.487 e. The Morgan fingerprint density at radius 3 is 2.20 bits per heavy atom. The topological polar surface area (TPSA) is 55.4 Å². The Hall–Kier alpha value is -1.72. The highest BCUT2D eigenvalue weighted by Gasteiger charge is 2.07. The molecule has 1 N–H and O–H groups in total. The van der Waals surface area contributed by atoms with Crippen LogP contribution in [0.2, 0.25) is 0 Å². The van der Waals surface area contributed by atoms with Crippen LogP contribution in [-0.4, -0.2) is 20.6 Å². The van der Waals surface area contributed by atoms with E-state index in [-0.39, 0.29) is 0 Å². The normalized spacial score (nSPS) is 10.5. The molecular weight excluding hydrogens is 358 g/mol. The second-order valence-electron chi connectivity index (χ2n) is 5.54. The summed E-state index contributed by atoms with van der Waals surface area (Å²) in [4.78, 5) is 0. The second kappa shape index (κ2) is 11.8. The Bertz CT molecular complexity index is 702. The number of halogens is 1. The summed E-state index contributed by atoms with van der Waals surface area (Å²) in [7, 11) is -3.31. The van der Waals surface area contributed by atoms with Gasteiger partial charge < -0.3 is 4.74 Å². The number of hydrogen-bond acceptors (Lipinski definition) is 3. The van der Waals surface area contributed by atoms with Gasteiger partial charge >= 0.3 is 0 Å². The Balaban J connectivity index is 0.000000450. The Labute approximate surface area is 156 Å². The summed E-state index contributed by atoms with van der Waals surface area (Å²) in [6, 6.07) is 16.6. The smallest absolute Gasteiger partial charge is 0.229 e. The molecule has 25 heavy (non-hydrogen) atoms. The molecule has 0 saturated heterocycles. The Kier molecular flexibility index (Phi) is 10.0. The molecule has 0 spiro atoms. The first-order valence-electron chi connectivity index (χ1n) is 8.25. The van der Waals surface area contributed by atoms with Gasteiger partial charge in [0.1, 0.15) is 12.4 Å². The lowest BCUT2D eigenvalue weighted by atomic mass is 10.2. The molecular formula is C19H26ClNO3S. The zero-order valence-electron chi connectivity index (χ0n) is 14.7. The highest BCUT2D eigenvalue weighted by molar-refractivity contribution is 7.92. The first-order chi connectivity index (χ1) is 12.0. The zero-order valence-corrected chi connectivity index (χ0v) is 16.3. The van der Waals surface area contributed by atoms with Gasteiger partial charge in [0.25, 0.3) is 0 Å². The van der Waals surface area contributed by atoms with Crippen molar-refractivity contribution in [1.82, 2.24) is 0 Å². The maximum atomic E-state index is 11.3. The van der Waals surface area contributed by atoms with Crippen LogP contribution in [-0.2, 0) is 16.6 Å². The van der Waals surface area contributed by atoms with Gasteiger partial charge in [0.2, 0.25) is 10.0 Å². The van der Waals surface area contributed by atoms with Crippen molar-refractivity contribution in [3.05, 3.63) is 60.2 Å². The molecule has 0 aliphatic heterocycles. The summed E-state index contributed by atoms with van der Waals surface area (Å²) in [5.41, 5.74) is 1.47. The predicted molar refractivity (Wildman–Crippen MR) is 106 cm³/mol. The van der Waals surface area contributed by atoms with E-state index in [4.69, 9.17) is 16.3 Å². The first-order valence-corrected chi connectivity index (χ1v) is 10.7. The lowest BCUT2D eigenvalue weighted by molar-refractivity contribution is 0.308. The van der Waals surface area contributed by atoms with Crippen molar-refractivity contribution in [3.63, 3.8) is 0 Å². The highest BCUT2D eigenvalue weighted by atomic mass is 35.5. The van der Waals surface area contributed by atoms with Crippen LogP contribution in [0, 0.1) is 0 Å². The summed E-state index contributed by atoms with van der Waals surface area (Å²) in [6.07, 6.45) is 4.84. The van der Waals surface area contributed by atoms with E-state index in [1.807, 2.05) is 30.3 Å². The second-order valence-corrected chi connectivity index (χ2v) is 7.67. The average molecular weight is 384 g/mol. The fraction of sp³-hybridized carbons (Fsp3) is 0.368. The summed E-state index contributed by atoms with van der Waals surface area (Å²) in [5, 5.41) is 0. The van der Waals surface area contributed by atoms with Crippen molar-refractivity contribution >= 4 is 27.3 Å². The van der Waals surface area contributed by atoms with Crippen LogP contribution >= 0.6 is 11.6 Å². The number of sulfonamides is 1. The van der Waals surface area contributed by atoms with Gasteiger partial charge in [-0.1, -0.05) is 62.2 Å². The van der Waals surface area contributed by atoms with Crippen molar-refractivity contribution in [2.75, 3.05) is 16.9 Å². The van der Waals surface area contributed by atoms with Crippen molar-refractivity contribution in [1.29, 1.82) is 0 Å². The number of para-hydroxylation sites is 2. The summed E-state index contributed by atoms with van der Waals surface area (Å²) in [5.74, 6) is 1.34. The molecule has 0 heterocycles. The fourth-order valence-electron chi connectivity index (χ4n) is 1.96. The lowest BCUT2D eigenvalue weighted by Gasteiger charge is -2.12. The van der Waals surface area contributed by atoms with E-state index in [1.54, 1.807) is 24.3 Å². The lowest BCUT2D eigenvalue weighted by Crippen LogP contribution is -2.10. The van der Waals surface area contributed by atoms with E-state index < -0.39 is 10.0 Å². The quantitative estimate of drug-likeness (QED) is 0.512. The number of ether oxygens (including phenoxy) is 1. The minimum absolute atomic E-state index is 0.392. The SMILES string of the molecule is CCCCCCl.CS(=O)(=O)Nc1ccccc1OCc1ccccc1. The monoisotopic (exact) mass is 383 g/mol. The van der Waals surface area contributed by atoms with E-state index in [0.717, 1.165) is 17.7 Å². The van der Waals surface area contributed by atoms with Gasteiger partial charge in [0.05, 0.1) is 11.9 Å². The van der Waals surface area contributed by atoms with Crippen molar-refractivity contribution in [2.45, 2.75) is 32.8 Å². The van der Waals surface area contributed by atoms with E-state index >= 15 is 0 Å². The van der Waals surface area contributed by atoms with Crippen LogP contribution < -0.4 is 9.46 Å². The maximum absolute atomic E-state index is 11.3. The van der Waals surface area contributed by atoms with Gasteiger partial charge in [-0.15, -0.1) is 11.6 Å². The number of alkyl halides is 1. The van der Waals surface area contributed by atoms with E-state index in [0.29, 0.717) is 18.0 Å². The molecule has 0 unspecified atom stereocenters. The number of benzene rings is 2. The molecule has 0 saturated carbocycles. The summed E-state index contributed by atoms with van der Waals surface area (Å²) < 4.78 is 30.6. The standard InChI is InChI=1S/C14H15NO3S.C5H11Cl/c1-19(16,17)15-13-9-5-6-10-14(13)18-11-12-7-3-2-4-8-12;1-2-3-4-5-6/h2-10,15H,11H2,1H3;2-5H2,1H3. The molecule has 0 fully saturated rings. The highest BCUT2D eigenvalue weighted by Crippen LogP contribution is 2.25. The maximum Gasteiger partial charge on any atom is 0.229 e. The molecule has 0 radical (unpaired) electrons. The van der Waals surface area contributed by atoms with E-state index in [1.165, 1.54) is 19.3 Å².